The molecule has 0 spiro atoms. The van der Waals surface area contributed by atoms with E-state index in [-0.39, 0.29) is 11.6 Å². The standard InChI is InChI=1S/C15H12BrF2NO/c16-9-13(10-5-2-1-3-6-10)19-15(20)11-7-4-8-12(17)14(11)18/h1-8,13H,9H2,(H,19,20). The predicted molar refractivity (Wildman–Crippen MR) is 76.8 cm³/mol. The molecule has 0 aliphatic rings. The van der Waals surface area contributed by atoms with E-state index in [2.05, 4.69) is 21.2 Å². The maximum Gasteiger partial charge on any atom is 0.254 e. The van der Waals surface area contributed by atoms with Gasteiger partial charge in [0.05, 0.1) is 11.6 Å². The number of rotatable bonds is 4. The highest BCUT2D eigenvalue weighted by atomic mass is 79.9. The van der Waals surface area contributed by atoms with Crippen molar-refractivity contribution in [3.63, 3.8) is 0 Å². The highest BCUT2D eigenvalue weighted by Gasteiger charge is 2.19. The van der Waals surface area contributed by atoms with Gasteiger partial charge < -0.3 is 5.32 Å². The molecule has 0 bridgehead atoms. The molecule has 0 radical (unpaired) electrons. The van der Waals surface area contributed by atoms with Crippen molar-refractivity contribution < 1.29 is 13.6 Å². The van der Waals surface area contributed by atoms with Crippen molar-refractivity contribution in [2.75, 3.05) is 5.33 Å². The zero-order valence-corrected chi connectivity index (χ0v) is 12.0. The zero-order chi connectivity index (χ0) is 14.5. The molecule has 0 aliphatic carbocycles. The molecule has 0 saturated heterocycles. The highest BCUT2D eigenvalue weighted by Crippen LogP contribution is 2.17. The summed E-state index contributed by atoms with van der Waals surface area (Å²) in [6, 6.07) is 12.5. The fraction of sp³-hybridized carbons (Fsp3) is 0.133. The van der Waals surface area contributed by atoms with Gasteiger partial charge in [0.25, 0.3) is 5.91 Å². The lowest BCUT2D eigenvalue weighted by atomic mass is 10.1. The van der Waals surface area contributed by atoms with Gasteiger partial charge in [0, 0.05) is 5.33 Å². The van der Waals surface area contributed by atoms with Gasteiger partial charge in [-0.2, -0.15) is 0 Å². The van der Waals surface area contributed by atoms with Gasteiger partial charge in [0.15, 0.2) is 11.6 Å². The van der Waals surface area contributed by atoms with Gasteiger partial charge in [-0.15, -0.1) is 0 Å². The minimum Gasteiger partial charge on any atom is -0.344 e. The molecule has 0 aliphatic heterocycles. The van der Waals surface area contributed by atoms with Crippen molar-refractivity contribution in [1.29, 1.82) is 0 Å². The van der Waals surface area contributed by atoms with Crippen LogP contribution < -0.4 is 5.32 Å². The lowest BCUT2D eigenvalue weighted by molar-refractivity contribution is 0.0935. The van der Waals surface area contributed by atoms with Crippen molar-refractivity contribution in [2.45, 2.75) is 6.04 Å². The van der Waals surface area contributed by atoms with Crippen LogP contribution in [0.5, 0.6) is 0 Å². The van der Waals surface area contributed by atoms with Gasteiger partial charge in [-0.05, 0) is 17.7 Å². The van der Waals surface area contributed by atoms with Crippen LogP contribution in [0, 0.1) is 11.6 Å². The molecule has 0 fully saturated rings. The van der Waals surface area contributed by atoms with Gasteiger partial charge in [-0.1, -0.05) is 52.3 Å². The van der Waals surface area contributed by atoms with Gasteiger partial charge in [0.2, 0.25) is 0 Å². The van der Waals surface area contributed by atoms with E-state index in [1.54, 1.807) is 0 Å². The largest absolute Gasteiger partial charge is 0.344 e. The monoisotopic (exact) mass is 339 g/mol. The first-order valence-electron chi connectivity index (χ1n) is 5.99. The van der Waals surface area contributed by atoms with E-state index in [4.69, 9.17) is 0 Å². The van der Waals surface area contributed by atoms with E-state index in [1.165, 1.54) is 12.1 Å². The summed E-state index contributed by atoms with van der Waals surface area (Å²) in [5.74, 6) is -2.81. The Hall–Kier alpha value is -1.75. The maximum atomic E-state index is 13.6. The number of nitrogens with one attached hydrogen (secondary N) is 1. The number of hydrogen-bond donors (Lipinski definition) is 1. The van der Waals surface area contributed by atoms with Crippen LogP contribution >= 0.6 is 15.9 Å². The van der Waals surface area contributed by atoms with Crippen LogP contribution in [0.3, 0.4) is 0 Å². The smallest absolute Gasteiger partial charge is 0.254 e. The number of carbonyl (C=O) groups excluding carboxylic acids is 1. The molecule has 0 aromatic heterocycles. The quantitative estimate of drug-likeness (QED) is 0.842. The number of carbonyl (C=O) groups is 1. The second kappa shape index (κ2) is 6.61. The molecular formula is C15H12BrF2NO. The minimum absolute atomic E-state index is 0.299. The van der Waals surface area contributed by atoms with Crippen LogP contribution in [0.1, 0.15) is 22.0 Å². The lowest BCUT2D eigenvalue weighted by Crippen LogP contribution is -2.30. The summed E-state index contributed by atoms with van der Waals surface area (Å²) in [5, 5.41) is 3.15. The summed E-state index contributed by atoms with van der Waals surface area (Å²) >= 11 is 3.30. The van der Waals surface area contributed by atoms with Crippen LogP contribution in [0.15, 0.2) is 48.5 Å². The van der Waals surface area contributed by atoms with Crippen molar-refractivity contribution in [3.05, 3.63) is 71.3 Å². The van der Waals surface area contributed by atoms with E-state index < -0.39 is 17.5 Å². The molecule has 5 heteroatoms. The van der Waals surface area contributed by atoms with Crippen molar-refractivity contribution in [3.8, 4) is 0 Å². The number of halogens is 3. The molecule has 20 heavy (non-hydrogen) atoms. The molecule has 104 valence electrons. The third-order valence-corrected chi connectivity index (χ3v) is 3.51. The van der Waals surface area contributed by atoms with Gasteiger partial charge in [-0.25, -0.2) is 8.78 Å². The minimum atomic E-state index is -1.13. The summed E-state index contributed by atoms with van der Waals surface area (Å²) in [4.78, 5) is 12.0. The van der Waals surface area contributed by atoms with E-state index in [0.717, 1.165) is 11.6 Å². The van der Waals surface area contributed by atoms with Gasteiger partial charge >= 0.3 is 0 Å². The van der Waals surface area contributed by atoms with Crippen molar-refractivity contribution in [1.82, 2.24) is 5.32 Å². The van der Waals surface area contributed by atoms with Crippen molar-refractivity contribution >= 4 is 21.8 Å². The fourth-order valence-electron chi connectivity index (χ4n) is 1.81. The Balaban J connectivity index is 2.20. The molecule has 2 aromatic carbocycles. The lowest BCUT2D eigenvalue weighted by Gasteiger charge is -2.17. The predicted octanol–water partition coefficient (Wildman–Crippen LogP) is 3.83. The number of benzene rings is 2. The molecule has 0 heterocycles. The topological polar surface area (TPSA) is 29.1 Å². The molecule has 2 nitrogen and oxygen atoms in total. The summed E-state index contributed by atoms with van der Waals surface area (Å²) in [7, 11) is 0. The molecule has 1 atom stereocenters. The van der Waals surface area contributed by atoms with E-state index >= 15 is 0 Å². The summed E-state index contributed by atoms with van der Waals surface area (Å²) < 4.78 is 26.7. The summed E-state index contributed by atoms with van der Waals surface area (Å²) in [6.45, 7) is 0. The van der Waals surface area contributed by atoms with Crippen LogP contribution in [-0.4, -0.2) is 11.2 Å². The Labute approximate surface area is 123 Å². The van der Waals surface area contributed by atoms with Crippen LogP contribution in [0.25, 0.3) is 0 Å². The second-order valence-electron chi connectivity index (χ2n) is 4.19. The summed E-state index contributed by atoms with van der Waals surface area (Å²) in [5.41, 5.74) is 0.585. The van der Waals surface area contributed by atoms with E-state index in [1.807, 2.05) is 30.3 Å². The third kappa shape index (κ3) is 3.22. The zero-order valence-electron chi connectivity index (χ0n) is 10.4. The Morgan fingerprint density at radius 1 is 1.10 bits per heavy atom. The Bertz CT molecular complexity index is 604. The van der Waals surface area contributed by atoms with Gasteiger partial charge in [-0.3, -0.25) is 4.79 Å². The molecule has 1 unspecified atom stereocenters. The van der Waals surface area contributed by atoms with E-state index in [9.17, 15) is 13.6 Å². The molecule has 0 saturated carbocycles. The molecular weight excluding hydrogens is 328 g/mol. The third-order valence-electron chi connectivity index (χ3n) is 2.86. The average molecular weight is 340 g/mol. The first-order valence-corrected chi connectivity index (χ1v) is 7.11. The van der Waals surface area contributed by atoms with Crippen molar-refractivity contribution in [2.24, 2.45) is 0 Å². The summed E-state index contributed by atoms with van der Waals surface area (Å²) in [6.07, 6.45) is 0. The van der Waals surface area contributed by atoms with Crippen LogP contribution in [0.4, 0.5) is 8.78 Å². The Morgan fingerprint density at radius 2 is 1.80 bits per heavy atom. The van der Waals surface area contributed by atoms with Gasteiger partial charge in [0.1, 0.15) is 0 Å². The Kier molecular flexibility index (Phi) is 4.84. The SMILES string of the molecule is O=C(NC(CBr)c1ccccc1)c1cccc(F)c1F. The van der Waals surface area contributed by atoms with E-state index in [0.29, 0.717) is 5.33 Å². The average Bonchev–Trinajstić information content (AvgIpc) is 2.48. The molecule has 1 amide bonds. The molecule has 2 rings (SSSR count). The fourth-order valence-corrected chi connectivity index (χ4v) is 2.35. The highest BCUT2D eigenvalue weighted by molar-refractivity contribution is 9.09. The normalized spacial score (nSPS) is 11.9. The molecule has 2 aromatic rings. The first-order chi connectivity index (χ1) is 9.63. The first kappa shape index (κ1) is 14.7. The maximum absolute atomic E-state index is 13.6. The number of hydrogen-bond acceptors (Lipinski definition) is 1. The second-order valence-corrected chi connectivity index (χ2v) is 4.84. The number of amides is 1. The Morgan fingerprint density at radius 3 is 2.45 bits per heavy atom. The molecule has 1 N–H and O–H groups in total. The number of alkyl halides is 1. The van der Waals surface area contributed by atoms with Crippen LogP contribution in [-0.2, 0) is 0 Å². The van der Waals surface area contributed by atoms with Crippen LogP contribution in [0.2, 0.25) is 0 Å².